The van der Waals surface area contributed by atoms with Crippen LogP contribution in [0.25, 0.3) is 11.0 Å². The van der Waals surface area contributed by atoms with Crippen molar-refractivity contribution in [3.05, 3.63) is 86.7 Å². The molecule has 4 aromatic heterocycles. The van der Waals surface area contributed by atoms with Gasteiger partial charge in [0.1, 0.15) is 6.07 Å². The second-order valence-corrected chi connectivity index (χ2v) is 15.3. The number of anilines is 1. The molecular formula is C40H48F3N11O2. The molecule has 0 radical (unpaired) electrons. The van der Waals surface area contributed by atoms with Crippen molar-refractivity contribution in [1.29, 1.82) is 5.26 Å². The van der Waals surface area contributed by atoms with Gasteiger partial charge in [-0.1, -0.05) is 6.92 Å². The fraction of sp³-hybridized carbons (Fsp3) is 0.525. The fourth-order valence-electron chi connectivity index (χ4n) is 8.44. The van der Waals surface area contributed by atoms with Crippen LogP contribution < -0.4 is 21.5 Å². The Labute approximate surface area is 323 Å². The monoisotopic (exact) mass is 771 g/mol. The van der Waals surface area contributed by atoms with Crippen molar-refractivity contribution in [2.24, 2.45) is 11.7 Å². The molecule has 3 fully saturated rings. The Kier molecular flexibility index (Phi) is 11.9. The number of nitrogens with two attached hydrogens (primary N) is 1. The average Bonchev–Trinajstić information content (AvgIpc) is 3.21. The molecule has 1 saturated carbocycles. The molecular weight excluding hydrogens is 724 g/mol. The van der Waals surface area contributed by atoms with Gasteiger partial charge in [-0.3, -0.25) is 19.5 Å². The summed E-state index contributed by atoms with van der Waals surface area (Å²) in [5, 5.41) is 20.6. The number of alkyl halides is 3. The predicted molar refractivity (Wildman–Crippen MR) is 205 cm³/mol. The van der Waals surface area contributed by atoms with E-state index in [1.807, 2.05) is 29.8 Å². The van der Waals surface area contributed by atoms with Crippen molar-refractivity contribution in [3.8, 4) is 6.07 Å². The Balaban J connectivity index is 0.928. The van der Waals surface area contributed by atoms with Crippen LogP contribution in [-0.4, -0.2) is 92.3 Å². The number of nitrogens with zero attached hydrogens (tertiary/aromatic N) is 9. The lowest BCUT2D eigenvalue weighted by Crippen LogP contribution is -2.48. The number of rotatable bonds is 11. The number of amides is 1. The molecule has 3 aliphatic rings. The summed E-state index contributed by atoms with van der Waals surface area (Å²) in [6, 6.07) is 10.1. The first kappa shape index (κ1) is 39.3. The van der Waals surface area contributed by atoms with Gasteiger partial charge in [-0.05, 0) is 92.3 Å². The first-order chi connectivity index (χ1) is 27.0. The van der Waals surface area contributed by atoms with E-state index in [4.69, 9.17) is 16.0 Å². The van der Waals surface area contributed by atoms with Gasteiger partial charge in [-0.25, -0.2) is 4.98 Å². The van der Waals surface area contributed by atoms with Gasteiger partial charge in [0.2, 0.25) is 0 Å². The first-order valence-corrected chi connectivity index (χ1v) is 19.5. The maximum atomic E-state index is 13.9. The van der Waals surface area contributed by atoms with Crippen LogP contribution >= 0.6 is 0 Å². The second-order valence-electron chi connectivity index (χ2n) is 15.3. The van der Waals surface area contributed by atoms with Crippen LogP contribution in [0.15, 0.2) is 47.5 Å². The number of piperidine rings is 1. The zero-order valence-corrected chi connectivity index (χ0v) is 31.6. The molecule has 1 aliphatic carbocycles. The number of carbonyl (C=O) groups is 1. The van der Waals surface area contributed by atoms with Crippen LogP contribution in [0.2, 0.25) is 0 Å². The third kappa shape index (κ3) is 9.01. The summed E-state index contributed by atoms with van der Waals surface area (Å²) in [5.41, 5.74) is 7.69. The largest absolute Gasteiger partial charge is 0.419 e. The molecule has 0 atom stereocenters. The molecule has 0 aromatic carbocycles. The fourth-order valence-corrected chi connectivity index (χ4v) is 8.44. The van der Waals surface area contributed by atoms with Gasteiger partial charge < -0.3 is 25.4 Å². The van der Waals surface area contributed by atoms with Gasteiger partial charge >= 0.3 is 6.18 Å². The lowest BCUT2D eigenvalue weighted by atomic mass is 9.90. The van der Waals surface area contributed by atoms with E-state index in [-0.39, 0.29) is 29.9 Å². The molecule has 4 aromatic rings. The van der Waals surface area contributed by atoms with Crippen molar-refractivity contribution in [3.63, 3.8) is 0 Å². The summed E-state index contributed by atoms with van der Waals surface area (Å²) >= 11 is 0. The smallest absolute Gasteiger partial charge is 0.364 e. The second kappa shape index (κ2) is 17.0. The first-order valence-electron chi connectivity index (χ1n) is 19.5. The average molecular weight is 772 g/mol. The number of halogens is 3. The van der Waals surface area contributed by atoms with Gasteiger partial charge in [-0.2, -0.15) is 18.4 Å². The topological polar surface area (TPSA) is 162 Å². The number of hydrogen-bond acceptors (Lipinski definition) is 11. The number of hydrogen-bond donors (Lipinski definition) is 2. The van der Waals surface area contributed by atoms with Crippen LogP contribution in [0.4, 0.5) is 19.0 Å². The minimum absolute atomic E-state index is 0.00858. The summed E-state index contributed by atoms with van der Waals surface area (Å²) < 4.78 is 42.3. The van der Waals surface area contributed by atoms with Crippen LogP contribution in [0.5, 0.6) is 0 Å². The van der Waals surface area contributed by atoms with Gasteiger partial charge in [-0.15, -0.1) is 10.2 Å². The molecule has 56 heavy (non-hydrogen) atoms. The van der Waals surface area contributed by atoms with E-state index < -0.39 is 23.3 Å². The van der Waals surface area contributed by atoms with Crippen LogP contribution in [0.3, 0.4) is 0 Å². The number of piperazine rings is 1. The van der Waals surface area contributed by atoms with Gasteiger partial charge in [0.05, 0.1) is 16.6 Å². The number of carbonyl (C=O) groups excluding carboxylic acids is 1. The summed E-state index contributed by atoms with van der Waals surface area (Å²) in [7, 11) is 0. The van der Waals surface area contributed by atoms with Crippen LogP contribution in [0.1, 0.15) is 89.9 Å². The highest BCUT2D eigenvalue weighted by Crippen LogP contribution is 2.33. The zero-order chi connectivity index (χ0) is 39.4. The number of nitrogens with one attached hydrogen (secondary N) is 1. The number of nitriles is 1. The number of aryl methyl sites for hydroxylation is 1. The Hall–Kier alpha value is -4.98. The lowest BCUT2D eigenvalue weighted by molar-refractivity contribution is -0.138. The molecule has 0 unspecified atom stereocenters. The van der Waals surface area contributed by atoms with Crippen molar-refractivity contribution >= 4 is 22.8 Å². The SMILES string of the molecule is CCc1cc2ncc(CN3CCN(CC4CCN(c5ccc(C(N)=O)nn5)CC4)CC3)cc2n(C2CCC(NCc3cnc(C#N)c(C(F)(F)F)c3)CC2)c1=O. The highest BCUT2D eigenvalue weighted by Gasteiger charge is 2.35. The van der Waals surface area contributed by atoms with Crippen molar-refractivity contribution in [2.45, 2.75) is 83.2 Å². The number of aromatic nitrogens is 5. The lowest BCUT2D eigenvalue weighted by Gasteiger charge is -2.39. The zero-order valence-electron chi connectivity index (χ0n) is 31.6. The summed E-state index contributed by atoms with van der Waals surface area (Å²) in [6.45, 7) is 9.71. The Bertz CT molecular complexity index is 2110. The molecule has 0 bridgehead atoms. The maximum absolute atomic E-state index is 13.9. The molecule has 2 saturated heterocycles. The van der Waals surface area contributed by atoms with Gasteiger partial charge in [0.15, 0.2) is 17.2 Å². The molecule has 16 heteroatoms. The van der Waals surface area contributed by atoms with Crippen molar-refractivity contribution in [1.82, 2.24) is 39.8 Å². The van der Waals surface area contributed by atoms with Crippen LogP contribution in [0, 0.1) is 17.2 Å². The maximum Gasteiger partial charge on any atom is 0.419 e. The molecule has 1 amide bonds. The van der Waals surface area contributed by atoms with Crippen molar-refractivity contribution in [2.75, 3.05) is 50.7 Å². The summed E-state index contributed by atoms with van der Waals surface area (Å²) in [5.74, 6) is 0.812. The Morgan fingerprint density at radius 3 is 2.29 bits per heavy atom. The summed E-state index contributed by atoms with van der Waals surface area (Å²) in [6.07, 6.45) is 4.40. The third-order valence-corrected chi connectivity index (χ3v) is 11.6. The van der Waals surface area contributed by atoms with E-state index in [1.54, 1.807) is 6.07 Å². The minimum Gasteiger partial charge on any atom is -0.364 e. The highest BCUT2D eigenvalue weighted by atomic mass is 19.4. The van der Waals surface area contributed by atoms with E-state index >= 15 is 0 Å². The van der Waals surface area contributed by atoms with Gasteiger partial charge in [0, 0.05) is 88.9 Å². The number of pyridine rings is 3. The normalized spacial score (nSPS) is 20.3. The molecule has 7 rings (SSSR count). The molecule has 296 valence electrons. The number of fused-ring (bicyclic) bond motifs is 1. The molecule has 0 spiro atoms. The quantitative estimate of drug-likeness (QED) is 0.222. The molecule has 3 N–H and O–H groups in total. The number of primary amides is 1. The highest BCUT2D eigenvalue weighted by molar-refractivity contribution is 5.90. The van der Waals surface area contributed by atoms with Gasteiger partial charge in [0.25, 0.3) is 11.5 Å². The molecule has 13 nitrogen and oxygen atoms in total. The van der Waals surface area contributed by atoms with E-state index in [2.05, 4.69) is 41.3 Å². The standard InChI is InChI=1S/C40H48F3N11O2/c1-2-29-19-34-36(54(39(29)56)31-5-3-30(4-6-31)46-21-27-17-32(40(41,42)43)35(20-44)48-22-27)18-28(23-47-34)25-52-15-13-51(14-16-52)24-26-9-11-53(12-10-26)37-8-7-33(38(45)55)49-50-37/h7-8,17-19,22-23,26,30-31,46H,2-6,9-16,21,24-25H2,1H3,(H2,45,55). The van der Waals surface area contributed by atoms with E-state index in [0.29, 0.717) is 17.9 Å². The Morgan fingerprint density at radius 1 is 0.929 bits per heavy atom. The van der Waals surface area contributed by atoms with Crippen molar-refractivity contribution < 1.29 is 18.0 Å². The molecule has 2 aliphatic heterocycles. The van der Waals surface area contributed by atoms with E-state index in [9.17, 15) is 22.8 Å². The molecule has 6 heterocycles. The van der Waals surface area contributed by atoms with Crippen LogP contribution in [-0.2, 0) is 25.7 Å². The summed E-state index contributed by atoms with van der Waals surface area (Å²) in [4.78, 5) is 41.0. The Morgan fingerprint density at radius 2 is 1.64 bits per heavy atom. The van der Waals surface area contributed by atoms with E-state index in [0.717, 1.165) is 125 Å². The third-order valence-electron chi connectivity index (χ3n) is 11.6. The minimum atomic E-state index is -4.65. The van der Waals surface area contributed by atoms with E-state index in [1.165, 1.54) is 12.3 Å². The predicted octanol–water partition coefficient (Wildman–Crippen LogP) is 4.44.